The van der Waals surface area contributed by atoms with Gasteiger partial charge in [0.25, 0.3) is 0 Å². The van der Waals surface area contributed by atoms with Gasteiger partial charge in [0.1, 0.15) is 0 Å². The summed E-state index contributed by atoms with van der Waals surface area (Å²) >= 11 is 0. The third-order valence-corrected chi connectivity index (χ3v) is 11.5. The summed E-state index contributed by atoms with van der Waals surface area (Å²) in [6.45, 7) is 12.2. The van der Waals surface area contributed by atoms with Gasteiger partial charge in [-0.3, -0.25) is 0 Å². The van der Waals surface area contributed by atoms with E-state index in [9.17, 15) is 10.4 Å². The Balaban J connectivity index is 1.56. The minimum atomic E-state index is -0.891. The van der Waals surface area contributed by atoms with E-state index in [0.717, 1.165) is 42.9 Å². The lowest BCUT2D eigenvalue weighted by Crippen LogP contribution is -2.66. The molecular weight excluding hydrogens is 394 g/mol. The molecule has 0 bridgehead atoms. The van der Waals surface area contributed by atoms with E-state index in [-0.39, 0.29) is 17.4 Å². The summed E-state index contributed by atoms with van der Waals surface area (Å²) in [7, 11) is 1.76. The van der Waals surface area contributed by atoms with E-state index in [1.165, 1.54) is 44.9 Å². The summed E-state index contributed by atoms with van der Waals surface area (Å²) in [5, 5.41) is 22.2. The van der Waals surface area contributed by atoms with Gasteiger partial charge in [-0.2, -0.15) is 5.26 Å². The van der Waals surface area contributed by atoms with Crippen LogP contribution in [0.4, 0.5) is 0 Å². The summed E-state index contributed by atoms with van der Waals surface area (Å²) < 4.78 is 5.68. The molecule has 4 rings (SSSR count). The molecule has 0 spiro atoms. The van der Waals surface area contributed by atoms with Crippen LogP contribution in [0.25, 0.3) is 0 Å². The molecule has 0 unspecified atom stereocenters. The Morgan fingerprint density at radius 3 is 2.44 bits per heavy atom. The van der Waals surface area contributed by atoms with Crippen molar-refractivity contribution in [1.29, 1.82) is 5.26 Å². The Morgan fingerprint density at radius 1 is 1.03 bits per heavy atom. The van der Waals surface area contributed by atoms with E-state index in [2.05, 4.69) is 40.7 Å². The van der Waals surface area contributed by atoms with Gasteiger partial charge in [-0.1, -0.05) is 53.9 Å². The van der Waals surface area contributed by atoms with Gasteiger partial charge in [0.05, 0.1) is 23.7 Å². The topological polar surface area (TPSA) is 53.2 Å². The largest absolute Gasteiger partial charge is 0.388 e. The molecular formula is C29H49NO2. The molecule has 0 aromatic carbocycles. The molecule has 32 heavy (non-hydrogen) atoms. The van der Waals surface area contributed by atoms with Crippen molar-refractivity contribution in [3.63, 3.8) is 0 Å². The maximum atomic E-state index is 12.0. The van der Waals surface area contributed by atoms with E-state index < -0.39 is 5.60 Å². The summed E-state index contributed by atoms with van der Waals surface area (Å²) in [6, 6.07) is 2.61. The fourth-order valence-electron chi connectivity index (χ4n) is 9.67. The quantitative estimate of drug-likeness (QED) is 0.481. The zero-order valence-corrected chi connectivity index (χ0v) is 21.7. The van der Waals surface area contributed by atoms with E-state index in [1.807, 2.05) is 0 Å². The fourth-order valence-corrected chi connectivity index (χ4v) is 9.67. The molecule has 182 valence electrons. The van der Waals surface area contributed by atoms with Crippen LogP contribution in [0, 0.1) is 63.6 Å². The molecule has 0 heterocycles. The molecule has 4 fully saturated rings. The number of hydrogen-bond acceptors (Lipinski definition) is 3. The van der Waals surface area contributed by atoms with Crippen LogP contribution >= 0.6 is 0 Å². The van der Waals surface area contributed by atoms with Crippen LogP contribution in [-0.2, 0) is 4.74 Å². The second kappa shape index (κ2) is 8.88. The maximum absolute atomic E-state index is 12.0. The lowest BCUT2D eigenvalue weighted by Gasteiger charge is -2.65. The highest BCUT2D eigenvalue weighted by atomic mass is 16.5. The summed E-state index contributed by atoms with van der Waals surface area (Å²) in [6.07, 6.45) is 13.0. The van der Waals surface area contributed by atoms with Crippen LogP contribution in [0.2, 0.25) is 0 Å². The third-order valence-electron chi connectivity index (χ3n) is 11.5. The van der Waals surface area contributed by atoms with Gasteiger partial charge < -0.3 is 9.84 Å². The van der Waals surface area contributed by atoms with Crippen molar-refractivity contribution in [3.05, 3.63) is 0 Å². The van der Waals surface area contributed by atoms with Gasteiger partial charge in [-0.05, 0) is 85.9 Å². The minimum Gasteiger partial charge on any atom is -0.388 e. The first-order valence-electron chi connectivity index (χ1n) is 13.8. The summed E-state index contributed by atoms with van der Waals surface area (Å²) in [5.74, 6) is 4.09. The van der Waals surface area contributed by atoms with Crippen LogP contribution in [0.15, 0.2) is 0 Å². The zero-order chi connectivity index (χ0) is 23.3. The van der Waals surface area contributed by atoms with E-state index >= 15 is 0 Å². The average Bonchev–Trinajstić information content (AvgIpc) is 3.10. The first-order valence-corrected chi connectivity index (χ1v) is 13.8. The highest BCUT2D eigenvalue weighted by Crippen LogP contribution is 2.70. The van der Waals surface area contributed by atoms with Crippen molar-refractivity contribution in [1.82, 2.24) is 0 Å². The van der Waals surface area contributed by atoms with E-state index in [0.29, 0.717) is 23.7 Å². The van der Waals surface area contributed by atoms with Crippen molar-refractivity contribution in [2.24, 2.45) is 52.3 Å². The third kappa shape index (κ3) is 3.67. The number of nitriles is 1. The van der Waals surface area contributed by atoms with Gasteiger partial charge in [0.2, 0.25) is 0 Å². The number of ether oxygens (including phenoxy) is 1. The van der Waals surface area contributed by atoms with E-state index in [1.54, 1.807) is 7.11 Å². The smallest absolute Gasteiger partial charge is 0.0885 e. The van der Waals surface area contributed by atoms with Crippen LogP contribution in [0.5, 0.6) is 0 Å². The number of fused-ring (bicyclic) bond motifs is 5. The lowest BCUT2D eigenvalue weighted by atomic mass is 9.41. The van der Waals surface area contributed by atoms with Crippen LogP contribution in [0.1, 0.15) is 105 Å². The first-order chi connectivity index (χ1) is 15.1. The second-order valence-electron chi connectivity index (χ2n) is 13.3. The normalized spacial score (nSPS) is 49.1. The van der Waals surface area contributed by atoms with E-state index in [4.69, 9.17) is 4.74 Å². The zero-order valence-electron chi connectivity index (χ0n) is 21.7. The van der Waals surface area contributed by atoms with Gasteiger partial charge >= 0.3 is 0 Å². The molecule has 0 saturated heterocycles. The Labute approximate surface area is 197 Å². The standard InChI is InChI=1S/C29H49NO2/c1-19(2)8-7-9-20(3)24-10-11-25-23-16-21(18-30)29(31)17-22(32-6)12-15-28(29,5)26(23)13-14-27(24,25)4/h19-26,31H,7-17H2,1-6H3/t20-,21+,22-,23+,24-,25+,26+,27-,28+,29-/m0/s1. The Bertz CT molecular complexity index is 714. The molecule has 4 saturated carbocycles. The highest BCUT2D eigenvalue weighted by molar-refractivity contribution is 5.20. The van der Waals surface area contributed by atoms with Crippen molar-refractivity contribution < 1.29 is 9.84 Å². The molecule has 0 amide bonds. The molecule has 3 nitrogen and oxygen atoms in total. The monoisotopic (exact) mass is 443 g/mol. The second-order valence-corrected chi connectivity index (χ2v) is 13.3. The van der Waals surface area contributed by atoms with Crippen molar-refractivity contribution >= 4 is 0 Å². The molecule has 10 atom stereocenters. The van der Waals surface area contributed by atoms with Gasteiger partial charge in [0, 0.05) is 18.9 Å². The number of methoxy groups -OCH3 is 1. The Kier molecular flexibility index (Phi) is 6.81. The van der Waals surface area contributed by atoms with Crippen molar-refractivity contribution in [2.75, 3.05) is 7.11 Å². The predicted molar refractivity (Wildman–Crippen MR) is 130 cm³/mol. The van der Waals surface area contributed by atoms with Crippen LogP contribution in [0.3, 0.4) is 0 Å². The Hall–Kier alpha value is -0.590. The number of aliphatic hydroxyl groups is 1. The molecule has 3 heteroatoms. The molecule has 4 aliphatic carbocycles. The summed E-state index contributed by atoms with van der Waals surface area (Å²) in [4.78, 5) is 0. The van der Waals surface area contributed by atoms with Gasteiger partial charge in [0.15, 0.2) is 0 Å². The van der Waals surface area contributed by atoms with Crippen molar-refractivity contribution in [2.45, 2.75) is 117 Å². The molecule has 0 aliphatic heterocycles. The van der Waals surface area contributed by atoms with Crippen molar-refractivity contribution in [3.8, 4) is 6.07 Å². The van der Waals surface area contributed by atoms with Crippen LogP contribution < -0.4 is 0 Å². The average molecular weight is 444 g/mol. The molecule has 0 radical (unpaired) electrons. The SMILES string of the molecule is CO[C@H]1CC[C@]2(C)[C@@H]3CC[C@]4(C)[C@H](CC[C@H]4[C@@H](C)CCCC(C)C)[C@H]3C[C@H](C#N)[C@@]2(O)C1. The van der Waals surface area contributed by atoms with Crippen LogP contribution in [-0.4, -0.2) is 23.9 Å². The number of hydrogen-bond donors (Lipinski definition) is 1. The molecule has 0 aromatic heterocycles. The molecule has 4 aliphatic rings. The van der Waals surface area contributed by atoms with Gasteiger partial charge in [-0.15, -0.1) is 0 Å². The maximum Gasteiger partial charge on any atom is 0.0885 e. The number of rotatable bonds is 6. The lowest BCUT2D eigenvalue weighted by molar-refractivity contribution is -0.239. The Morgan fingerprint density at radius 2 is 1.78 bits per heavy atom. The molecule has 1 N–H and O–H groups in total. The number of nitrogens with zero attached hydrogens (tertiary/aromatic N) is 1. The van der Waals surface area contributed by atoms with Gasteiger partial charge in [-0.25, -0.2) is 0 Å². The summed E-state index contributed by atoms with van der Waals surface area (Å²) in [5.41, 5.74) is -0.612. The molecule has 0 aromatic rings. The fraction of sp³-hybridized carbons (Fsp3) is 0.966. The minimum absolute atomic E-state index is 0.0943. The first kappa shape index (κ1) is 24.5. The predicted octanol–water partition coefficient (Wildman–Crippen LogP) is 6.99. The highest BCUT2D eigenvalue weighted by Gasteiger charge is 2.67.